The molecule has 0 radical (unpaired) electrons. The monoisotopic (exact) mass is 275 g/mol. The van der Waals surface area contributed by atoms with Crippen LogP contribution >= 0.6 is 11.6 Å². The standard InChI is InChI=1S/C12H12ClNO2.K/c1-9(12(15)16)14-8-2-3-10-4-6-11(13)7-5-10;/h2-9H,1H3,(H,15,16);/q;+1/p-1/b3-2+,14-8?;. The number of carbonyl (C=O) groups is 1. The zero-order valence-electron chi connectivity index (χ0n) is 9.76. The molecular formula is C12H11ClKNO2. The van der Waals surface area contributed by atoms with Gasteiger partial charge in [-0.15, -0.1) is 0 Å². The predicted molar refractivity (Wildman–Crippen MR) is 63.4 cm³/mol. The summed E-state index contributed by atoms with van der Waals surface area (Å²) in [5, 5.41) is 11.0. The van der Waals surface area contributed by atoms with Crippen LogP contribution < -0.4 is 56.5 Å². The van der Waals surface area contributed by atoms with Crippen LogP contribution in [0.2, 0.25) is 5.02 Å². The van der Waals surface area contributed by atoms with Crippen molar-refractivity contribution in [2.75, 3.05) is 0 Å². The summed E-state index contributed by atoms with van der Waals surface area (Å²) in [5.41, 5.74) is 0.969. The number of allylic oxidation sites excluding steroid dienone is 1. The van der Waals surface area contributed by atoms with E-state index >= 15 is 0 Å². The van der Waals surface area contributed by atoms with Gasteiger partial charge in [-0.2, -0.15) is 0 Å². The molecule has 0 bridgehead atoms. The van der Waals surface area contributed by atoms with Crippen LogP contribution in [-0.4, -0.2) is 18.2 Å². The van der Waals surface area contributed by atoms with Crippen molar-refractivity contribution in [3.8, 4) is 0 Å². The molecule has 0 amide bonds. The third-order valence-electron chi connectivity index (χ3n) is 1.90. The van der Waals surface area contributed by atoms with Crippen LogP contribution in [-0.2, 0) is 4.79 Å². The van der Waals surface area contributed by atoms with E-state index in [0.29, 0.717) is 5.02 Å². The number of hydrogen-bond donors (Lipinski definition) is 0. The molecule has 0 saturated carbocycles. The third-order valence-corrected chi connectivity index (χ3v) is 2.15. The number of aliphatic carboxylic acids is 1. The number of benzene rings is 1. The van der Waals surface area contributed by atoms with Crippen LogP contribution in [0.1, 0.15) is 12.5 Å². The molecule has 0 N–H and O–H groups in total. The molecule has 0 fully saturated rings. The first-order valence-corrected chi connectivity index (χ1v) is 5.13. The molecule has 84 valence electrons. The van der Waals surface area contributed by atoms with E-state index in [1.807, 2.05) is 18.2 Å². The molecule has 5 heteroatoms. The molecule has 1 unspecified atom stereocenters. The van der Waals surface area contributed by atoms with Gasteiger partial charge in [-0.1, -0.05) is 29.8 Å². The predicted octanol–water partition coefficient (Wildman–Crippen LogP) is -1.43. The minimum absolute atomic E-state index is 0. The van der Waals surface area contributed by atoms with E-state index in [2.05, 4.69) is 4.99 Å². The van der Waals surface area contributed by atoms with Gasteiger partial charge in [0.25, 0.3) is 0 Å². The molecule has 0 heterocycles. The zero-order valence-corrected chi connectivity index (χ0v) is 13.6. The van der Waals surface area contributed by atoms with Crippen molar-refractivity contribution in [3.05, 3.63) is 40.9 Å². The second-order valence-corrected chi connectivity index (χ2v) is 3.64. The largest absolute Gasteiger partial charge is 1.00 e. The van der Waals surface area contributed by atoms with E-state index in [1.165, 1.54) is 13.1 Å². The first kappa shape index (κ1) is 17.0. The topological polar surface area (TPSA) is 52.5 Å². The summed E-state index contributed by atoms with van der Waals surface area (Å²) in [6, 6.07) is 6.45. The molecule has 0 aliphatic rings. The van der Waals surface area contributed by atoms with E-state index in [1.54, 1.807) is 18.2 Å². The summed E-state index contributed by atoms with van der Waals surface area (Å²) in [6.07, 6.45) is 4.92. The van der Waals surface area contributed by atoms with Crippen LogP contribution in [0, 0.1) is 0 Å². The van der Waals surface area contributed by atoms with E-state index in [4.69, 9.17) is 11.6 Å². The quantitative estimate of drug-likeness (QED) is 0.500. The normalized spacial score (nSPS) is 12.6. The van der Waals surface area contributed by atoms with Crippen LogP contribution in [0.25, 0.3) is 6.08 Å². The van der Waals surface area contributed by atoms with Gasteiger partial charge in [-0.3, -0.25) is 4.99 Å². The van der Waals surface area contributed by atoms with Crippen molar-refractivity contribution < 1.29 is 61.3 Å². The summed E-state index contributed by atoms with van der Waals surface area (Å²) in [4.78, 5) is 14.1. The molecule has 0 saturated heterocycles. The molecule has 1 aromatic carbocycles. The van der Waals surface area contributed by atoms with Gasteiger partial charge in [-0.25, -0.2) is 0 Å². The first-order chi connectivity index (χ1) is 7.59. The van der Waals surface area contributed by atoms with Crippen molar-refractivity contribution in [1.29, 1.82) is 0 Å². The number of halogens is 1. The van der Waals surface area contributed by atoms with Gasteiger partial charge in [0.2, 0.25) is 0 Å². The second kappa shape index (κ2) is 9.02. The number of aliphatic imine (C=N–C) groups is 1. The Balaban J connectivity index is 0.00000256. The van der Waals surface area contributed by atoms with E-state index in [-0.39, 0.29) is 51.4 Å². The molecule has 1 rings (SSSR count). The molecule has 1 aromatic rings. The molecule has 17 heavy (non-hydrogen) atoms. The average molecular weight is 276 g/mol. The second-order valence-electron chi connectivity index (χ2n) is 3.20. The van der Waals surface area contributed by atoms with Gasteiger partial charge in [0, 0.05) is 11.2 Å². The van der Waals surface area contributed by atoms with E-state index in [0.717, 1.165) is 5.56 Å². The fraction of sp³-hybridized carbons (Fsp3) is 0.167. The molecule has 3 nitrogen and oxygen atoms in total. The summed E-state index contributed by atoms with van der Waals surface area (Å²) in [6.45, 7) is 1.46. The maximum absolute atomic E-state index is 10.3. The summed E-state index contributed by atoms with van der Waals surface area (Å²) < 4.78 is 0. The summed E-state index contributed by atoms with van der Waals surface area (Å²) in [7, 11) is 0. The molecule has 0 aliphatic heterocycles. The number of carboxylic acids is 1. The molecule has 0 spiro atoms. The van der Waals surface area contributed by atoms with Gasteiger partial charge in [0.15, 0.2) is 0 Å². The number of carboxylic acid groups (broad SMARTS) is 1. The average Bonchev–Trinajstić information content (AvgIpc) is 2.26. The SMILES string of the molecule is CC(N=C/C=C/c1ccc(Cl)cc1)C(=O)[O-].[K+]. The Morgan fingerprint density at radius 1 is 1.41 bits per heavy atom. The Kier molecular flexibility index (Phi) is 9.04. The maximum atomic E-state index is 10.3. The van der Waals surface area contributed by atoms with Gasteiger partial charge >= 0.3 is 51.4 Å². The van der Waals surface area contributed by atoms with Crippen molar-refractivity contribution in [2.24, 2.45) is 4.99 Å². The fourth-order valence-corrected chi connectivity index (χ4v) is 1.09. The van der Waals surface area contributed by atoms with Crippen molar-refractivity contribution >= 4 is 29.9 Å². The van der Waals surface area contributed by atoms with Gasteiger partial charge in [0.1, 0.15) is 0 Å². The molecule has 1 atom stereocenters. The molecular weight excluding hydrogens is 265 g/mol. The van der Waals surface area contributed by atoms with Gasteiger partial charge < -0.3 is 9.90 Å². The summed E-state index contributed by atoms with van der Waals surface area (Å²) >= 11 is 5.73. The Bertz CT molecular complexity index is 415. The first-order valence-electron chi connectivity index (χ1n) is 4.76. The Morgan fingerprint density at radius 2 is 2.00 bits per heavy atom. The van der Waals surface area contributed by atoms with Crippen molar-refractivity contribution in [2.45, 2.75) is 13.0 Å². The Hall–Kier alpha value is 0.0264. The van der Waals surface area contributed by atoms with Crippen molar-refractivity contribution in [1.82, 2.24) is 0 Å². The minimum atomic E-state index is -1.18. The smallest absolute Gasteiger partial charge is 0.548 e. The van der Waals surface area contributed by atoms with Crippen LogP contribution in [0.3, 0.4) is 0 Å². The van der Waals surface area contributed by atoms with Crippen LogP contribution in [0.4, 0.5) is 0 Å². The van der Waals surface area contributed by atoms with Crippen molar-refractivity contribution in [3.63, 3.8) is 0 Å². The van der Waals surface area contributed by atoms with Crippen LogP contribution in [0.5, 0.6) is 0 Å². The number of nitrogens with zero attached hydrogens (tertiary/aromatic N) is 1. The maximum Gasteiger partial charge on any atom is 1.00 e. The number of rotatable bonds is 4. The Labute approximate surface area is 148 Å². The van der Waals surface area contributed by atoms with Crippen LogP contribution in [0.15, 0.2) is 35.3 Å². The minimum Gasteiger partial charge on any atom is -0.548 e. The third kappa shape index (κ3) is 7.13. The molecule has 0 aliphatic carbocycles. The van der Waals surface area contributed by atoms with Gasteiger partial charge in [0.05, 0.1) is 12.0 Å². The zero-order chi connectivity index (χ0) is 12.0. The number of hydrogen-bond acceptors (Lipinski definition) is 3. The van der Waals surface area contributed by atoms with E-state index < -0.39 is 12.0 Å². The van der Waals surface area contributed by atoms with Gasteiger partial charge in [-0.05, 0) is 30.7 Å². The number of carbonyl (C=O) groups excluding carboxylic acids is 1. The van der Waals surface area contributed by atoms with E-state index in [9.17, 15) is 9.90 Å². The summed E-state index contributed by atoms with van der Waals surface area (Å²) in [5.74, 6) is -1.18. The molecule has 0 aromatic heterocycles. The fourth-order valence-electron chi connectivity index (χ4n) is 0.968. The Morgan fingerprint density at radius 3 is 2.53 bits per heavy atom.